The number of hydrogen-bond donors (Lipinski definition) is 1. The third-order valence-corrected chi connectivity index (χ3v) is 5.88. The molecule has 0 radical (unpaired) electrons. The Morgan fingerprint density at radius 3 is 2.50 bits per heavy atom. The van der Waals surface area contributed by atoms with E-state index >= 15 is 0 Å². The van der Waals surface area contributed by atoms with Crippen molar-refractivity contribution in [3.8, 4) is 5.75 Å². The minimum atomic E-state index is 0.137. The van der Waals surface area contributed by atoms with E-state index in [1.54, 1.807) is 7.11 Å². The summed E-state index contributed by atoms with van der Waals surface area (Å²) in [4.78, 5) is 15.0. The zero-order valence-corrected chi connectivity index (χ0v) is 16.0. The lowest BCUT2D eigenvalue weighted by molar-refractivity contribution is -0.122. The van der Waals surface area contributed by atoms with Crippen molar-refractivity contribution in [1.29, 1.82) is 0 Å². The van der Waals surface area contributed by atoms with Gasteiger partial charge in [0.2, 0.25) is 5.91 Å². The maximum atomic E-state index is 12.4. The molecule has 0 aromatic heterocycles. The Balaban J connectivity index is 1.50. The van der Waals surface area contributed by atoms with E-state index in [9.17, 15) is 4.79 Å². The lowest BCUT2D eigenvalue weighted by Gasteiger charge is -2.48. The first kappa shape index (κ1) is 19.2. The Kier molecular flexibility index (Phi) is 6.92. The molecule has 5 heteroatoms. The average molecular weight is 360 g/mol. The van der Waals surface area contributed by atoms with Crippen molar-refractivity contribution in [1.82, 2.24) is 10.2 Å². The number of carbonyl (C=O) groups excluding carboxylic acids is 1. The molecule has 1 saturated heterocycles. The number of ether oxygens (including phenoxy) is 2. The van der Waals surface area contributed by atoms with E-state index in [0.717, 1.165) is 45.0 Å². The van der Waals surface area contributed by atoms with Crippen molar-refractivity contribution >= 4 is 5.91 Å². The number of rotatable bonds is 7. The first-order valence-corrected chi connectivity index (χ1v) is 9.94. The third kappa shape index (κ3) is 4.98. The lowest BCUT2D eigenvalue weighted by atomic mass is 9.79. The molecule has 1 amide bonds. The standard InChI is InChI=1S/C21H32N2O3/c1-25-19-8-5-18(6-9-19)7-10-20(24)22-17-21(11-3-2-4-12-21)23-13-15-26-16-14-23/h5-6,8-9H,2-4,7,10-17H2,1H3,(H,22,24). The molecule has 0 bridgehead atoms. The monoisotopic (exact) mass is 360 g/mol. The number of morpholine rings is 1. The molecular formula is C21H32N2O3. The average Bonchev–Trinajstić information content (AvgIpc) is 2.72. The number of carbonyl (C=O) groups is 1. The van der Waals surface area contributed by atoms with E-state index in [1.165, 1.54) is 37.7 Å². The number of amides is 1. The number of benzene rings is 1. The fourth-order valence-corrected chi connectivity index (χ4v) is 4.25. The van der Waals surface area contributed by atoms with Crippen LogP contribution in [0.1, 0.15) is 44.1 Å². The second kappa shape index (κ2) is 9.38. The number of aryl methyl sites for hydroxylation is 1. The molecule has 1 saturated carbocycles. The summed E-state index contributed by atoms with van der Waals surface area (Å²) in [5.74, 6) is 1.00. The van der Waals surface area contributed by atoms with E-state index in [0.29, 0.717) is 6.42 Å². The minimum absolute atomic E-state index is 0.137. The van der Waals surface area contributed by atoms with Crippen LogP contribution in [0, 0.1) is 0 Å². The molecule has 1 aliphatic heterocycles. The lowest BCUT2D eigenvalue weighted by Crippen LogP contribution is -2.59. The predicted molar refractivity (Wildman–Crippen MR) is 103 cm³/mol. The molecule has 1 heterocycles. The van der Waals surface area contributed by atoms with Gasteiger partial charge in [-0.15, -0.1) is 0 Å². The highest BCUT2D eigenvalue weighted by Crippen LogP contribution is 2.33. The van der Waals surface area contributed by atoms with Gasteiger partial charge in [0.1, 0.15) is 5.75 Å². The molecule has 1 aromatic carbocycles. The topological polar surface area (TPSA) is 50.8 Å². The molecule has 0 spiro atoms. The van der Waals surface area contributed by atoms with E-state index in [1.807, 2.05) is 24.3 Å². The highest BCUT2D eigenvalue weighted by atomic mass is 16.5. The van der Waals surface area contributed by atoms with Gasteiger partial charge in [-0.05, 0) is 37.0 Å². The fourth-order valence-electron chi connectivity index (χ4n) is 4.25. The van der Waals surface area contributed by atoms with E-state index < -0.39 is 0 Å². The van der Waals surface area contributed by atoms with Crippen LogP contribution in [0.4, 0.5) is 0 Å². The molecular weight excluding hydrogens is 328 g/mol. The van der Waals surface area contributed by atoms with Crippen LogP contribution in [0.2, 0.25) is 0 Å². The number of hydrogen-bond acceptors (Lipinski definition) is 4. The van der Waals surface area contributed by atoms with Gasteiger partial charge < -0.3 is 14.8 Å². The van der Waals surface area contributed by atoms with Gasteiger partial charge in [0.05, 0.1) is 20.3 Å². The molecule has 5 nitrogen and oxygen atoms in total. The van der Waals surface area contributed by atoms with Crippen molar-refractivity contribution in [2.75, 3.05) is 40.0 Å². The smallest absolute Gasteiger partial charge is 0.220 e. The van der Waals surface area contributed by atoms with Gasteiger partial charge in [-0.1, -0.05) is 31.4 Å². The molecule has 1 N–H and O–H groups in total. The largest absolute Gasteiger partial charge is 0.497 e. The highest BCUT2D eigenvalue weighted by Gasteiger charge is 2.38. The van der Waals surface area contributed by atoms with E-state index in [4.69, 9.17) is 9.47 Å². The van der Waals surface area contributed by atoms with Crippen LogP contribution in [-0.2, 0) is 16.0 Å². The molecule has 0 unspecified atom stereocenters. The van der Waals surface area contributed by atoms with E-state index in [-0.39, 0.29) is 11.4 Å². The van der Waals surface area contributed by atoms with Crippen LogP contribution in [0.25, 0.3) is 0 Å². The van der Waals surface area contributed by atoms with Gasteiger partial charge in [0.15, 0.2) is 0 Å². The zero-order valence-electron chi connectivity index (χ0n) is 16.0. The Morgan fingerprint density at radius 1 is 1.15 bits per heavy atom. The van der Waals surface area contributed by atoms with Gasteiger partial charge in [0, 0.05) is 31.6 Å². The van der Waals surface area contributed by atoms with Crippen LogP contribution >= 0.6 is 0 Å². The van der Waals surface area contributed by atoms with Gasteiger partial charge in [-0.2, -0.15) is 0 Å². The van der Waals surface area contributed by atoms with Crippen LogP contribution < -0.4 is 10.1 Å². The zero-order chi connectivity index (χ0) is 18.2. The van der Waals surface area contributed by atoms with Gasteiger partial charge in [-0.3, -0.25) is 9.69 Å². The molecule has 26 heavy (non-hydrogen) atoms. The summed E-state index contributed by atoms with van der Waals surface area (Å²) in [5.41, 5.74) is 1.30. The van der Waals surface area contributed by atoms with Crippen molar-refractivity contribution < 1.29 is 14.3 Å². The molecule has 2 aliphatic rings. The summed E-state index contributed by atoms with van der Waals surface area (Å²) in [6.07, 6.45) is 7.51. The maximum Gasteiger partial charge on any atom is 0.220 e. The molecule has 1 aromatic rings. The van der Waals surface area contributed by atoms with Crippen LogP contribution in [-0.4, -0.2) is 56.3 Å². The van der Waals surface area contributed by atoms with E-state index in [2.05, 4.69) is 10.2 Å². The Morgan fingerprint density at radius 2 is 1.85 bits per heavy atom. The molecule has 3 rings (SSSR count). The first-order valence-electron chi connectivity index (χ1n) is 9.94. The second-order valence-electron chi connectivity index (χ2n) is 7.51. The third-order valence-electron chi connectivity index (χ3n) is 5.88. The fraction of sp³-hybridized carbons (Fsp3) is 0.667. The normalized spacial score (nSPS) is 20.5. The van der Waals surface area contributed by atoms with Crippen LogP contribution in [0.5, 0.6) is 5.75 Å². The molecule has 0 atom stereocenters. The summed E-state index contributed by atoms with van der Waals surface area (Å²) in [5, 5.41) is 3.24. The summed E-state index contributed by atoms with van der Waals surface area (Å²) >= 11 is 0. The van der Waals surface area contributed by atoms with Crippen molar-refractivity contribution in [2.45, 2.75) is 50.5 Å². The summed E-state index contributed by atoms with van der Waals surface area (Å²) < 4.78 is 10.7. The number of nitrogens with zero attached hydrogens (tertiary/aromatic N) is 1. The maximum absolute atomic E-state index is 12.4. The SMILES string of the molecule is COc1ccc(CCC(=O)NCC2(N3CCOCC3)CCCCC2)cc1. The first-order chi connectivity index (χ1) is 12.7. The Bertz CT molecular complexity index is 561. The summed E-state index contributed by atoms with van der Waals surface area (Å²) in [6.45, 7) is 4.37. The summed E-state index contributed by atoms with van der Waals surface area (Å²) in [6, 6.07) is 7.95. The molecule has 144 valence electrons. The van der Waals surface area contributed by atoms with Crippen molar-refractivity contribution in [3.05, 3.63) is 29.8 Å². The Hall–Kier alpha value is -1.59. The van der Waals surface area contributed by atoms with Gasteiger partial charge in [-0.25, -0.2) is 0 Å². The van der Waals surface area contributed by atoms with Crippen molar-refractivity contribution in [3.63, 3.8) is 0 Å². The molecule has 2 fully saturated rings. The highest BCUT2D eigenvalue weighted by molar-refractivity contribution is 5.76. The van der Waals surface area contributed by atoms with Crippen LogP contribution in [0.15, 0.2) is 24.3 Å². The van der Waals surface area contributed by atoms with Gasteiger partial charge >= 0.3 is 0 Å². The number of methoxy groups -OCH3 is 1. The summed E-state index contributed by atoms with van der Waals surface area (Å²) in [7, 11) is 1.66. The minimum Gasteiger partial charge on any atom is -0.497 e. The van der Waals surface area contributed by atoms with Crippen LogP contribution in [0.3, 0.4) is 0 Å². The molecule has 1 aliphatic carbocycles. The number of nitrogens with one attached hydrogen (secondary N) is 1. The second-order valence-corrected chi connectivity index (χ2v) is 7.51. The van der Waals surface area contributed by atoms with Gasteiger partial charge in [0.25, 0.3) is 0 Å². The predicted octanol–water partition coefficient (Wildman–Crippen LogP) is 2.78. The quantitative estimate of drug-likeness (QED) is 0.812. The Labute approximate surface area is 157 Å². The van der Waals surface area contributed by atoms with Crippen molar-refractivity contribution in [2.24, 2.45) is 0 Å².